The molecule has 2 saturated carbocycles. The van der Waals surface area contributed by atoms with E-state index in [4.69, 9.17) is 0 Å². The van der Waals surface area contributed by atoms with Gasteiger partial charge in [0, 0.05) is 0 Å². The summed E-state index contributed by atoms with van der Waals surface area (Å²) in [4.78, 5) is 0. The van der Waals surface area contributed by atoms with Gasteiger partial charge in [-0.3, -0.25) is 0 Å². The van der Waals surface area contributed by atoms with Gasteiger partial charge in [-0.05, 0) is 48.6 Å². The summed E-state index contributed by atoms with van der Waals surface area (Å²) < 4.78 is 0. The van der Waals surface area contributed by atoms with Crippen LogP contribution in [0.25, 0.3) is 0 Å². The number of hydrogen-bond acceptors (Lipinski definition) is 0. The van der Waals surface area contributed by atoms with E-state index in [-0.39, 0.29) is 0 Å². The highest BCUT2D eigenvalue weighted by atomic mass is 14.2. The smallest absolute Gasteiger partial charge is 0.0162 e. The molecule has 0 heterocycles. The zero-order valence-electron chi connectivity index (χ0n) is 12.2. The van der Waals surface area contributed by atoms with Crippen molar-refractivity contribution in [1.29, 1.82) is 0 Å². The summed E-state index contributed by atoms with van der Waals surface area (Å²) in [7, 11) is 0. The third kappa shape index (κ3) is 3.41. The van der Waals surface area contributed by atoms with E-state index in [0.29, 0.717) is 0 Å². The first-order valence-corrected chi connectivity index (χ1v) is 8.53. The van der Waals surface area contributed by atoms with Crippen LogP contribution in [0.4, 0.5) is 0 Å². The quantitative estimate of drug-likeness (QED) is 0.593. The normalized spacial score (nSPS) is 23.2. The zero-order chi connectivity index (χ0) is 12.9. The first-order valence-electron chi connectivity index (χ1n) is 8.53. The van der Waals surface area contributed by atoms with Gasteiger partial charge in [0.15, 0.2) is 0 Å². The van der Waals surface area contributed by atoms with Crippen molar-refractivity contribution in [3.05, 3.63) is 35.4 Å². The number of benzene rings is 1. The predicted octanol–water partition coefficient (Wildman–Crippen LogP) is 6.17. The lowest BCUT2D eigenvalue weighted by atomic mass is 9.85. The van der Waals surface area contributed by atoms with Gasteiger partial charge in [0.1, 0.15) is 0 Å². The van der Waals surface area contributed by atoms with E-state index in [1.165, 1.54) is 70.6 Å². The van der Waals surface area contributed by atoms with E-state index in [0.717, 1.165) is 11.8 Å². The molecule has 0 unspecified atom stereocenters. The SMILES string of the molecule is c1cc(C2CCCC2)ccc1C1CCCCCCC1. The summed E-state index contributed by atoms with van der Waals surface area (Å²) in [5.41, 5.74) is 3.22. The Morgan fingerprint density at radius 3 is 1.21 bits per heavy atom. The fourth-order valence-electron chi connectivity index (χ4n) is 4.09. The van der Waals surface area contributed by atoms with Crippen molar-refractivity contribution in [1.82, 2.24) is 0 Å². The molecule has 0 nitrogen and oxygen atoms in total. The number of rotatable bonds is 2. The van der Waals surface area contributed by atoms with Gasteiger partial charge in [-0.1, -0.05) is 69.2 Å². The van der Waals surface area contributed by atoms with Crippen LogP contribution in [0.5, 0.6) is 0 Å². The summed E-state index contributed by atoms with van der Waals surface area (Å²) in [5.74, 6) is 1.71. The van der Waals surface area contributed by atoms with Crippen molar-refractivity contribution in [2.75, 3.05) is 0 Å². The molecule has 1 aromatic carbocycles. The van der Waals surface area contributed by atoms with Crippen molar-refractivity contribution in [2.24, 2.45) is 0 Å². The minimum atomic E-state index is 0.845. The highest BCUT2D eigenvalue weighted by molar-refractivity contribution is 5.28. The zero-order valence-corrected chi connectivity index (χ0v) is 12.2. The lowest BCUT2D eigenvalue weighted by Crippen LogP contribution is -2.03. The topological polar surface area (TPSA) is 0 Å². The van der Waals surface area contributed by atoms with Crippen LogP contribution in [0.3, 0.4) is 0 Å². The first kappa shape index (κ1) is 13.2. The van der Waals surface area contributed by atoms with E-state index in [9.17, 15) is 0 Å². The van der Waals surface area contributed by atoms with Crippen molar-refractivity contribution in [3.63, 3.8) is 0 Å². The Morgan fingerprint density at radius 2 is 0.789 bits per heavy atom. The molecule has 0 saturated heterocycles. The maximum atomic E-state index is 2.44. The van der Waals surface area contributed by atoms with Gasteiger partial charge in [0.25, 0.3) is 0 Å². The first-order chi connectivity index (χ1) is 9.43. The summed E-state index contributed by atoms with van der Waals surface area (Å²) >= 11 is 0. The Labute approximate surface area is 118 Å². The van der Waals surface area contributed by atoms with Crippen molar-refractivity contribution in [3.8, 4) is 0 Å². The second kappa shape index (κ2) is 6.59. The van der Waals surface area contributed by atoms with Crippen LogP contribution in [0, 0.1) is 0 Å². The third-order valence-corrected chi connectivity index (χ3v) is 5.34. The van der Waals surface area contributed by atoms with Gasteiger partial charge in [-0.25, -0.2) is 0 Å². The maximum absolute atomic E-state index is 2.44. The van der Waals surface area contributed by atoms with Gasteiger partial charge >= 0.3 is 0 Å². The fourth-order valence-corrected chi connectivity index (χ4v) is 4.09. The van der Waals surface area contributed by atoms with E-state index >= 15 is 0 Å². The molecule has 2 aliphatic rings. The van der Waals surface area contributed by atoms with Crippen LogP contribution >= 0.6 is 0 Å². The van der Waals surface area contributed by atoms with Gasteiger partial charge < -0.3 is 0 Å². The molecule has 1 aromatic rings. The summed E-state index contributed by atoms with van der Waals surface area (Å²) in [5, 5.41) is 0. The summed E-state index contributed by atoms with van der Waals surface area (Å²) in [6.45, 7) is 0. The fraction of sp³-hybridized carbons (Fsp3) is 0.684. The average Bonchev–Trinajstić information content (AvgIpc) is 2.93. The van der Waals surface area contributed by atoms with Gasteiger partial charge in [0.2, 0.25) is 0 Å². The molecule has 2 aliphatic carbocycles. The second-order valence-electron chi connectivity index (χ2n) is 6.69. The molecule has 3 rings (SSSR count). The maximum Gasteiger partial charge on any atom is -0.0162 e. The molecule has 0 amide bonds. The van der Waals surface area contributed by atoms with E-state index in [2.05, 4.69) is 24.3 Å². The van der Waals surface area contributed by atoms with Crippen molar-refractivity contribution >= 4 is 0 Å². The van der Waals surface area contributed by atoms with Crippen LogP contribution in [0.2, 0.25) is 0 Å². The molecular weight excluding hydrogens is 228 g/mol. The second-order valence-corrected chi connectivity index (χ2v) is 6.69. The monoisotopic (exact) mass is 256 g/mol. The Hall–Kier alpha value is -0.780. The van der Waals surface area contributed by atoms with Crippen LogP contribution < -0.4 is 0 Å². The summed E-state index contributed by atoms with van der Waals surface area (Å²) in [6, 6.07) is 9.76. The molecular formula is C19H28. The Kier molecular flexibility index (Phi) is 4.58. The summed E-state index contributed by atoms with van der Waals surface area (Å²) in [6.07, 6.45) is 15.8. The molecule has 0 atom stereocenters. The molecule has 0 aliphatic heterocycles. The third-order valence-electron chi connectivity index (χ3n) is 5.34. The standard InChI is InChI=1S/C19H28/c1-2-4-8-16(9-5-3-1)18-12-14-19(15-13-18)17-10-6-7-11-17/h12-17H,1-11H2. The van der Waals surface area contributed by atoms with Gasteiger partial charge in [0.05, 0.1) is 0 Å². The van der Waals surface area contributed by atoms with Gasteiger partial charge in [-0.2, -0.15) is 0 Å². The Bertz CT molecular complexity index is 362. The molecule has 0 aromatic heterocycles. The van der Waals surface area contributed by atoms with E-state index < -0.39 is 0 Å². The Morgan fingerprint density at radius 1 is 0.474 bits per heavy atom. The lowest BCUT2D eigenvalue weighted by Gasteiger charge is -2.21. The average molecular weight is 256 g/mol. The predicted molar refractivity (Wildman–Crippen MR) is 82.7 cm³/mol. The molecule has 0 spiro atoms. The van der Waals surface area contributed by atoms with Crippen LogP contribution in [0.15, 0.2) is 24.3 Å². The van der Waals surface area contributed by atoms with Crippen molar-refractivity contribution < 1.29 is 0 Å². The Balaban J connectivity index is 1.66. The van der Waals surface area contributed by atoms with E-state index in [1.54, 1.807) is 11.1 Å². The molecule has 104 valence electrons. The molecule has 0 radical (unpaired) electrons. The lowest BCUT2D eigenvalue weighted by molar-refractivity contribution is 0.455. The van der Waals surface area contributed by atoms with E-state index in [1.807, 2.05) is 0 Å². The van der Waals surface area contributed by atoms with Gasteiger partial charge in [-0.15, -0.1) is 0 Å². The molecule has 0 N–H and O–H groups in total. The van der Waals surface area contributed by atoms with Crippen LogP contribution in [-0.4, -0.2) is 0 Å². The molecule has 0 heteroatoms. The van der Waals surface area contributed by atoms with Crippen LogP contribution in [0.1, 0.15) is 93.6 Å². The largest absolute Gasteiger partial charge is 0.0585 e. The molecule has 0 bridgehead atoms. The number of hydrogen-bond donors (Lipinski definition) is 0. The highest BCUT2D eigenvalue weighted by Gasteiger charge is 2.18. The molecule has 2 fully saturated rings. The minimum absolute atomic E-state index is 0.845. The molecule has 19 heavy (non-hydrogen) atoms. The van der Waals surface area contributed by atoms with Crippen molar-refractivity contribution in [2.45, 2.75) is 82.5 Å². The highest BCUT2D eigenvalue weighted by Crippen LogP contribution is 2.36. The van der Waals surface area contributed by atoms with Crippen LogP contribution in [-0.2, 0) is 0 Å². The minimum Gasteiger partial charge on any atom is -0.0585 e.